The SMILES string of the molecule is O=C(NO)c1cc(F)c2c(c1)CCN(C1CCC3(CC1)CS(=O)C3)C2. The van der Waals surface area contributed by atoms with Crippen LogP contribution < -0.4 is 5.48 Å². The topological polar surface area (TPSA) is 69.6 Å². The molecule has 7 heteroatoms. The van der Waals surface area contributed by atoms with E-state index in [1.54, 1.807) is 11.5 Å². The van der Waals surface area contributed by atoms with Crippen molar-refractivity contribution in [1.29, 1.82) is 0 Å². The van der Waals surface area contributed by atoms with Crippen LogP contribution in [0.5, 0.6) is 0 Å². The van der Waals surface area contributed by atoms with Gasteiger partial charge in [-0.1, -0.05) is 0 Å². The minimum Gasteiger partial charge on any atom is -0.296 e. The minimum atomic E-state index is -0.681. The number of fused-ring (bicyclic) bond motifs is 1. The van der Waals surface area contributed by atoms with E-state index in [9.17, 15) is 13.4 Å². The highest BCUT2D eigenvalue weighted by Crippen LogP contribution is 2.45. The second-order valence-corrected chi connectivity index (χ2v) is 9.17. The summed E-state index contributed by atoms with van der Waals surface area (Å²) in [5, 5.41) is 8.73. The molecular formula is C18H23FN2O3S. The van der Waals surface area contributed by atoms with Crippen LogP contribution in [0.25, 0.3) is 0 Å². The van der Waals surface area contributed by atoms with Crippen LogP contribution in [0.1, 0.15) is 47.2 Å². The van der Waals surface area contributed by atoms with Crippen LogP contribution >= 0.6 is 0 Å². The smallest absolute Gasteiger partial charge is 0.274 e. The summed E-state index contributed by atoms with van der Waals surface area (Å²) in [7, 11) is -0.598. The summed E-state index contributed by atoms with van der Waals surface area (Å²) < 4.78 is 25.9. The number of carbonyl (C=O) groups is 1. The second-order valence-electron chi connectivity index (χ2n) is 7.72. The highest BCUT2D eigenvalue weighted by atomic mass is 32.2. The van der Waals surface area contributed by atoms with Gasteiger partial charge in [0.05, 0.1) is 0 Å². The van der Waals surface area contributed by atoms with E-state index >= 15 is 0 Å². The fourth-order valence-corrected chi connectivity index (χ4v) is 6.52. The first-order valence-electron chi connectivity index (χ1n) is 8.84. The van der Waals surface area contributed by atoms with Crippen LogP contribution in [0.3, 0.4) is 0 Å². The highest BCUT2D eigenvalue weighted by Gasteiger charge is 2.45. The summed E-state index contributed by atoms with van der Waals surface area (Å²) in [4.78, 5) is 13.9. The monoisotopic (exact) mass is 366 g/mol. The van der Waals surface area contributed by atoms with Gasteiger partial charge in [-0.2, -0.15) is 0 Å². The van der Waals surface area contributed by atoms with Crippen LogP contribution in [0, 0.1) is 11.2 Å². The molecule has 1 amide bonds. The maximum absolute atomic E-state index is 14.5. The standard InChI is InChI=1S/C18H23FN2O3S/c19-16-8-13(17(22)20-23)7-12-3-6-21(9-15(12)16)14-1-4-18(5-2-14)10-25(24)11-18/h7-8,14,23H,1-6,9-11H2,(H,20,22). The van der Waals surface area contributed by atoms with Crippen molar-refractivity contribution in [3.63, 3.8) is 0 Å². The van der Waals surface area contributed by atoms with Gasteiger partial charge in [-0.15, -0.1) is 0 Å². The van der Waals surface area contributed by atoms with Crippen molar-refractivity contribution in [2.45, 2.75) is 44.7 Å². The maximum Gasteiger partial charge on any atom is 0.274 e. The molecule has 1 spiro atoms. The van der Waals surface area contributed by atoms with Crippen molar-refractivity contribution in [2.24, 2.45) is 5.41 Å². The average molecular weight is 366 g/mol. The number of hydroxylamine groups is 1. The van der Waals surface area contributed by atoms with E-state index < -0.39 is 16.7 Å². The molecule has 2 aliphatic heterocycles. The molecule has 0 aromatic heterocycles. The zero-order valence-electron chi connectivity index (χ0n) is 14.1. The summed E-state index contributed by atoms with van der Waals surface area (Å²) in [6.07, 6.45) is 5.17. The quantitative estimate of drug-likeness (QED) is 0.620. The highest BCUT2D eigenvalue weighted by molar-refractivity contribution is 7.86. The van der Waals surface area contributed by atoms with E-state index in [1.165, 1.54) is 6.07 Å². The Kier molecular flexibility index (Phi) is 4.42. The molecule has 1 aromatic carbocycles. The lowest BCUT2D eigenvalue weighted by Crippen LogP contribution is -2.51. The Labute approximate surface area is 149 Å². The predicted molar refractivity (Wildman–Crippen MR) is 92.3 cm³/mol. The average Bonchev–Trinajstić information content (AvgIpc) is 2.60. The van der Waals surface area contributed by atoms with E-state index in [1.807, 2.05) is 0 Å². The van der Waals surface area contributed by atoms with E-state index in [4.69, 9.17) is 5.21 Å². The Morgan fingerprint density at radius 2 is 2.04 bits per heavy atom. The Morgan fingerprint density at radius 3 is 2.68 bits per heavy atom. The lowest BCUT2D eigenvalue weighted by molar-refractivity contribution is 0.0705. The zero-order chi connectivity index (χ0) is 17.6. The lowest BCUT2D eigenvalue weighted by Gasteiger charge is -2.48. The molecule has 0 unspecified atom stereocenters. The molecule has 2 N–H and O–H groups in total. The van der Waals surface area contributed by atoms with Gasteiger partial charge in [-0.3, -0.25) is 19.1 Å². The van der Waals surface area contributed by atoms with Crippen molar-refractivity contribution in [3.05, 3.63) is 34.6 Å². The third-order valence-electron chi connectivity index (χ3n) is 6.15. The summed E-state index contributed by atoms with van der Waals surface area (Å²) in [5.41, 5.74) is 3.57. The predicted octanol–water partition coefficient (Wildman–Crippen LogP) is 1.99. The number of rotatable bonds is 2. The number of nitrogens with zero attached hydrogens (tertiary/aromatic N) is 1. The second kappa shape index (κ2) is 6.45. The van der Waals surface area contributed by atoms with E-state index in [2.05, 4.69) is 4.90 Å². The van der Waals surface area contributed by atoms with Gasteiger partial charge in [0.1, 0.15) is 5.82 Å². The third kappa shape index (κ3) is 3.13. The van der Waals surface area contributed by atoms with Crippen molar-refractivity contribution >= 4 is 16.7 Å². The molecule has 3 aliphatic rings. The summed E-state index contributed by atoms with van der Waals surface area (Å²) in [6.45, 7) is 1.44. The van der Waals surface area contributed by atoms with Gasteiger partial charge in [0.2, 0.25) is 0 Å². The first kappa shape index (κ1) is 17.1. The number of hydrogen-bond acceptors (Lipinski definition) is 4. The molecule has 1 saturated heterocycles. The van der Waals surface area contributed by atoms with Crippen LogP contribution in [0.15, 0.2) is 12.1 Å². The number of hydrogen-bond donors (Lipinski definition) is 2. The molecule has 0 radical (unpaired) electrons. The summed E-state index contributed by atoms with van der Waals surface area (Å²) >= 11 is 0. The molecule has 0 bridgehead atoms. The fourth-order valence-electron chi connectivity index (χ4n) is 4.66. The van der Waals surface area contributed by atoms with Crippen molar-refractivity contribution in [1.82, 2.24) is 10.4 Å². The Hall–Kier alpha value is -1.31. The Bertz CT molecular complexity index is 721. The number of benzene rings is 1. The Morgan fingerprint density at radius 1 is 1.32 bits per heavy atom. The van der Waals surface area contributed by atoms with Crippen LogP contribution in [-0.4, -0.2) is 44.3 Å². The van der Waals surface area contributed by atoms with Crippen LogP contribution in [-0.2, 0) is 23.8 Å². The van der Waals surface area contributed by atoms with Gasteiger partial charge in [0.15, 0.2) is 0 Å². The van der Waals surface area contributed by atoms with Crippen LogP contribution in [0.4, 0.5) is 4.39 Å². The van der Waals surface area contributed by atoms with Gasteiger partial charge in [-0.05, 0) is 55.2 Å². The molecule has 1 saturated carbocycles. The van der Waals surface area contributed by atoms with Gasteiger partial charge in [-0.25, -0.2) is 9.87 Å². The fraction of sp³-hybridized carbons (Fsp3) is 0.611. The molecule has 4 rings (SSSR count). The lowest BCUT2D eigenvalue weighted by atomic mass is 9.74. The molecule has 25 heavy (non-hydrogen) atoms. The Balaban J connectivity index is 1.45. The zero-order valence-corrected chi connectivity index (χ0v) is 14.9. The molecule has 5 nitrogen and oxygen atoms in total. The molecule has 1 aromatic rings. The minimum absolute atomic E-state index is 0.157. The number of carbonyl (C=O) groups excluding carboxylic acids is 1. The van der Waals surface area contributed by atoms with Gasteiger partial charge in [0.25, 0.3) is 5.91 Å². The van der Waals surface area contributed by atoms with Crippen molar-refractivity contribution < 1.29 is 18.6 Å². The molecule has 2 heterocycles. The van der Waals surface area contributed by atoms with Gasteiger partial charge < -0.3 is 0 Å². The third-order valence-corrected chi connectivity index (χ3v) is 8.02. The summed E-state index contributed by atoms with van der Waals surface area (Å²) in [5.74, 6) is 0.682. The molecule has 1 aliphatic carbocycles. The number of amides is 1. The van der Waals surface area contributed by atoms with Crippen molar-refractivity contribution in [3.8, 4) is 0 Å². The van der Waals surface area contributed by atoms with Gasteiger partial charge >= 0.3 is 0 Å². The van der Waals surface area contributed by atoms with Crippen LogP contribution in [0.2, 0.25) is 0 Å². The first-order chi connectivity index (χ1) is 12.0. The van der Waals surface area contributed by atoms with Gasteiger partial charge in [0, 0.05) is 52.6 Å². The molecule has 2 fully saturated rings. The number of halogens is 1. The molecule has 136 valence electrons. The van der Waals surface area contributed by atoms with E-state index in [0.717, 1.165) is 49.3 Å². The van der Waals surface area contributed by atoms with Crippen molar-refractivity contribution in [2.75, 3.05) is 18.1 Å². The summed E-state index contributed by atoms with van der Waals surface area (Å²) in [6, 6.07) is 3.35. The van der Waals surface area contributed by atoms with E-state index in [-0.39, 0.29) is 11.4 Å². The maximum atomic E-state index is 14.5. The molecular weight excluding hydrogens is 343 g/mol. The number of nitrogens with one attached hydrogen (secondary N) is 1. The van der Waals surface area contributed by atoms with E-state index in [0.29, 0.717) is 30.0 Å². The normalized spacial score (nSPS) is 32.1. The molecule has 0 atom stereocenters. The first-order valence-corrected chi connectivity index (χ1v) is 10.3. The largest absolute Gasteiger partial charge is 0.296 e.